The first-order chi connectivity index (χ1) is 9.24. The average Bonchev–Trinajstić information content (AvgIpc) is 2.78. The topological polar surface area (TPSA) is 48.1 Å². The van der Waals surface area contributed by atoms with Crippen molar-refractivity contribution in [3.8, 4) is 0 Å². The van der Waals surface area contributed by atoms with Crippen LogP contribution in [0.2, 0.25) is 0 Å². The first-order valence-corrected chi connectivity index (χ1v) is 7.36. The summed E-state index contributed by atoms with van der Waals surface area (Å²) in [6.45, 7) is 2.87. The number of methoxy groups -OCH3 is 1. The highest BCUT2D eigenvalue weighted by Crippen LogP contribution is 2.25. The Hall–Kier alpha value is -1.39. The summed E-state index contributed by atoms with van der Waals surface area (Å²) in [5.41, 5.74) is 9.63. The summed E-state index contributed by atoms with van der Waals surface area (Å²) in [5.74, 6) is 0. The molecule has 0 unspecified atom stereocenters. The molecule has 0 saturated carbocycles. The summed E-state index contributed by atoms with van der Waals surface area (Å²) in [4.78, 5) is 5.67. The maximum atomic E-state index is 5.81. The molecule has 1 aromatic heterocycles. The third-order valence-corrected chi connectivity index (χ3v) is 4.10. The SMILES string of the molecule is CCc1nc(N)sc1Cc1ccccc1CCOC. The van der Waals surface area contributed by atoms with E-state index in [4.69, 9.17) is 10.5 Å². The van der Waals surface area contributed by atoms with Crippen molar-refractivity contribution in [2.45, 2.75) is 26.2 Å². The van der Waals surface area contributed by atoms with Crippen LogP contribution in [0.3, 0.4) is 0 Å². The molecular formula is C15H20N2OS. The fourth-order valence-corrected chi connectivity index (χ4v) is 3.12. The molecule has 0 amide bonds. The summed E-state index contributed by atoms with van der Waals surface area (Å²) in [6, 6.07) is 8.52. The zero-order chi connectivity index (χ0) is 13.7. The van der Waals surface area contributed by atoms with Crippen LogP contribution >= 0.6 is 11.3 Å². The van der Waals surface area contributed by atoms with Crippen molar-refractivity contribution in [1.29, 1.82) is 0 Å². The van der Waals surface area contributed by atoms with Gasteiger partial charge in [0.05, 0.1) is 12.3 Å². The number of hydrogen-bond donors (Lipinski definition) is 1. The molecule has 102 valence electrons. The van der Waals surface area contributed by atoms with Crippen molar-refractivity contribution < 1.29 is 4.74 Å². The number of aromatic nitrogens is 1. The number of nitrogens with zero attached hydrogens (tertiary/aromatic N) is 1. The van der Waals surface area contributed by atoms with Gasteiger partial charge in [-0.05, 0) is 24.0 Å². The molecule has 2 aromatic rings. The van der Waals surface area contributed by atoms with Gasteiger partial charge >= 0.3 is 0 Å². The number of aryl methyl sites for hydroxylation is 1. The van der Waals surface area contributed by atoms with Gasteiger partial charge in [-0.2, -0.15) is 0 Å². The Morgan fingerprint density at radius 2 is 2.00 bits per heavy atom. The Morgan fingerprint density at radius 1 is 1.26 bits per heavy atom. The van der Waals surface area contributed by atoms with E-state index >= 15 is 0 Å². The minimum absolute atomic E-state index is 0.668. The highest BCUT2D eigenvalue weighted by molar-refractivity contribution is 7.15. The van der Waals surface area contributed by atoms with E-state index in [9.17, 15) is 0 Å². The molecule has 19 heavy (non-hydrogen) atoms. The molecule has 1 heterocycles. The maximum absolute atomic E-state index is 5.81. The average molecular weight is 276 g/mol. The van der Waals surface area contributed by atoms with Crippen molar-refractivity contribution in [1.82, 2.24) is 4.98 Å². The Balaban J connectivity index is 2.22. The molecule has 0 aliphatic rings. The Morgan fingerprint density at radius 3 is 2.68 bits per heavy atom. The number of benzene rings is 1. The molecule has 0 aliphatic heterocycles. The molecule has 2 N–H and O–H groups in total. The first kappa shape index (κ1) is 14.0. The van der Waals surface area contributed by atoms with Crippen molar-refractivity contribution in [2.75, 3.05) is 19.5 Å². The minimum Gasteiger partial charge on any atom is -0.384 e. The van der Waals surface area contributed by atoms with Gasteiger partial charge in [0.25, 0.3) is 0 Å². The minimum atomic E-state index is 0.668. The number of hydrogen-bond acceptors (Lipinski definition) is 4. The normalized spacial score (nSPS) is 10.8. The van der Waals surface area contributed by atoms with E-state index in [0.29, 0.717) is 5.13 Å². The summed E-state index contributed by atoms with van der Waals surface area (Å²) in [5, 5.41) is 0.668. The predicted molar refractivity (Wildman–Crippen MR) is 80.7 cm³/mol. The number of nitrogens with two attached hydrogens (primary N) is 1. The Kier molecular flexibility index (Phi) is 4.93. The number of thiazole rings is 1. The van der Waals surface area contributed by atoms with E-state index in [1.807, 2.05) is 0 Å². The summed E-state index contributed by atoms with van der Waals surface area (Å²) >= 11 is 1.60. The smallest absolute Gasteiger partial charge is 0.180 e. The molecule has 0 radical (unpaired) electrons. The lowest BCUT2D eigenvalue weighted by Crippen LogP contribution is -2.00. The van der Waals surface area contributed by atoms with Gasteiger partial charge in [0.1, 0.15) is 0 Å². The molecule has 0 spiro atoms. The predicted octanol–water partition coefficient (Wildman–Crippen LogP) is 3.07. The number of nitrogen functional groups attached to an aromatic ring is 1. The molecule has 0 atom stereocenters. The van der Waals surface area contributed by atoms with Gasteiger partial charge in [-0.1, -0.05) is 31.2 Å². The van der Waals surface area contributed by atoms with Gasteiger partial charge in [0.15, 0.2) is 5.13 Å². The van der Waals surface area contributed by atoms with Gasteiger partial charge in [-0.15, -0.1) is 11.3 Å². The quantitative estimate of drug-likeness (QED) is 0.882. The molecule has 1 aromatic carbocycles. The van der Waals surface area contributed by atoms with Crippen molar-refractivity contribution in [3.05, 3.63) is 46.0 Å². The highest BCUT2D eigenvalue weighted by atomic mass is 32.1. The van der Waals surface area contributed by atoms with Crippen LogP contribution in [0.4, 0.5) is 5.13 Å². The Labute approximate surface area is 118 Å². The van der Waals surface area contributed by atoms with Crippen LogP contribution in [-0.2, 0) is 24.0 Å². The van der Waals surface area contributed by atoms with Crippen LogP contribution < -0.4 is 5.73 Å². The van der Waals surface area contributed by atoms with Crippen LogP contribution in [0.5, 0.6) is 0 Å². The molecule has 0 fully saturated rings. The third kappa shape index (κ3) is 3.55. The first-order valence-electron chi connectivity index (χ1n) is 6.54. The number of rotatable bonds is 6. The van der Waals surface area contributed by atoms with Crippen LogP contribution in [0, 0.1) is 0 Å². The second-order valence-corrected chi connectivity index (χ2v) is 5.58. The third-order valence-electron chi connectivity index (χ3n) is 3.17. The second-order valence-electron chi connectivity index (χ2n) is 4.46. The molecular weight excluding hydrogens is 256 g/mol. The fraction of sp³-hybridized carbons (Fsp3) is 0.400. The van der Waals surface area contributed by atoms with Crippen LogP contribution in [-0.4, -0.2) is 18.7 Å². The lowest BCUT2D eigenvalue weighted by Gasteiger charge is -2.08. The van der Waals surface area contributed by atoms with Gasteiger partial charge < -0.3 is 10.5 Å². The van der Waals surface area contributed by atoms with E-state index in [1.165, 1.54) is 16.0 Å². The number of anilines is 1. The van der Waals surface area contributed by atoms with Crippen LogP contribution in [0.1, 0.15) is 28.6 Å². The van der Waals surface area contributed by atoms with E-state index in [-0.39, 0.29) is 0 Å². The van der Waals surface area contributed by atoms with E-state index in [2.05, 4.69) is 36.2 Å². The number of ether oxygens (including phenoxy) is 1. The maximum Gasteiger partial charge on any atom is 0.180 e. The van der Waals surface area contributed by atoms with Crippen LogP contribution in [0.15, 0.2) is 24.3 Å². The lowest BCUT2D eigenvalue weighted by atomic mass is 10.0. The van der Waals surface area contributed by atoms with E-state index < -0.39 is 0 Å². The van der Waals surface area contributed by atoms with Crippen molar-refractivity contribution in [3.63, 3.8) is 0 Å². The molecule has 0 bridgehead atoms. The summed E-state index contributed by atoms with van der Waals surface area (Å²) < 4.78 is 5.17. The van der Waals surface area contributed by atoms with E-state index in [0.717, 1.165) is 31.6 Å². The van der Waals surface area contributed by atoms with Gasteiger partial charge in [-0.25, -0.2) is 4.98 Å². The molecule has 0 saturated heterocycles. The van der Waals surface area contributed by atoms with Crippen molar-refractivity contribution in [2.24, 2.45) is 0 Å². The van der Waals surface area contributed by atoms with Gasteiger partial charge in [0, 0.05) is 18.4 Å². The van der Waals surface area contributed by atoms with Gasteiger partial charge in [-0.3, -0.25) is 0 Å². The zero-order valence-electron chi connectivity index (χ0n) is 11.5. The Bertz CT molecular complexity index is 537. The lowest BCUT2D eigenvalue weighted by molar-refractivity contribution is 0.202. The largest absolute Gasteiger partial charge is 0.384 e. The molecule has 2 rings (SSSR count). The second kappa shape index (κ2) is 6.68. The fourth-order valence-electron chi connectivity index (χ4n) is 2.18. The summed E-state index contributed by atoms with van der Waals surface area (Å²) in [6.07, 6.45) is 2.80. The van der Waals surface area contributed by atoms with E-state index in [1.54, 1.807) is 18.4 Å². The van der Waals surface area contributed by atoms with Crippen LogP contribution in [0.25, 0.3) is 0 Å². The molecule has 4 heteroatoms. The molecule has 3 nitrogen and oxygen atoms in total. The zero-order valence-corrected chi connectivity index (χ0v) is 12.3. The molecule has 0 aliphatic carbocycles. The highest BCUT2D eigenvalue weighted by Gasteiger charge is 2.10. The van der Waals surface area contributed by atoms with Crippen molar-refractivity contribution >= 4 is 16.5 Å². The van der Waals surface area contributed by atoms with Gasteiger partial charge in [0.2, 0.25) is 0 Å². The summed E-state index contributed by atoms with van der Waals surface area (Å²) in [7, 11) is 1.74. The standard InChI is InChI=1S/C15H20N2OS/c1-3-13-14(19-15(16)17-13)10-12-7-5-4-6-11(12)8-9-18-2/h4-7H,3,8-10H2,1-2H3,(H2,16,17). The monoisotopic (exact) mass is 276 g/mol.